The highest BCUT2D eigenvalue weighted by molar-refractivity contribution is 6.08. The van der Waals surface area contributed by atoms with Crippen molar-refractivity contribution in [3.63, 3.8) is 0 Å². The predicted molar refractivity (Wildman–Crippen MR) is 131 cm³/mol. The van der Waals surface area contributed by atoms with Crippen LogP contribution in [-0.4, -0.2) is 40.1 Å². The molecule has 2 bridgehead atoms. The smallest absolute Gasteiger partial charge is 0.366 e. The highest BCUT2D eigenvalue weighted by Crippen LogP contribution is 2.41. The number of hydrogen-bond donors (Lipinski definition) is 1. The average Bonchev–Trinajstić information content (AvgIpc) is 3.27. The summed E-state index contributed by atoms with van der Waals surface area (Å²) in [6, 6.07) is 13.5. The number of nitrogens with one attached hydrogen (secondary N) is 1. The molecule has 4 heterocycles. The van der Waals surface area contributed by atoms with Crippen LogP contribution < -0.4 is 15.1 Å². The van der Waals surface area contributed by atoms with Crippen LogP contribution in [0.5, 0.6) is 0 Å². The summed E-state index contributed by atoms with van der Waals surface area (Å²) in [6.07, 6.45) is -2.05. The number of para-hydroxylation sites is 1. The lowest BCUT2D eigenvalue weighted by atomic mass is 10.1. The summed E-state index contributed by atoms with van der Waals surface area (Å²) in [5.41, 5.74) is 3.28. The lowest BCUT2D eigenvalue weighted by Gasteiger charge is -2.36. The number of benzene rings is 2. The Morgan fingerprint density at radius 2 is 1.92 bits per heavy atom. The van der Waals surface area contributed by atoms with E-state index >= 15 is 0 Å². The molecular weight excluding hydrogens is 469 g/mol. The summed E-state index contributed by atoms with van der Waals surface area (Å²) in [7, 11) is 0. The molecule has 7 nitrogen and oxygen atoms in total. The third kappa shape index (κ3) is 3.78. The van der Waals surface area contributed by atoms with E-state index in [-0.39, 0.29) is 12.1 Å². The zero-order valence-corrected chi connectivity index (χ0v) is 19.3. The monoisotopic (exact) mass is 490 g/mol. The number of hydrogen-bond acceptors (Lipinski definition) is 5. The molecule has 2 aromatic heterocycles. The van der Waals surface area contributed by atoms with Crippen LogP contribution in [0, 0.1) is 6.92 Å². The van der Waals surface area contributed by atoms with Crippen molar-refractivity contribution in [3.05, 3.63) is 72.1 Å². The maximum absolute atomic E-state index is 13.6. The van der Waals surface area contributed by atoms with Crippen LogP contribution in [0.1, 0.15) is 17.7 Å². The molecule has 6 rings (SSSR count). The van der Waals surface area contributed by atoms with Crippen LogP contribution in [0.3, 0.4) is 0 Å². The van der Waals surface area contributed by atoms with E-state index in [9.17, 15) is 18.0 Å². The Labute approximate surface area is 204 Å². The van der Waals surface area contributed by atoms with Crippen LogP contribution in [0.15, 0.2) is 60.8 Å². The number of urea groups is 1. The molecule has 1 fully saturated rings. The molecule has 1 saturated heterocycles. The highest BCUT2D eigenvalue weighted by Gasteiger charge is 2.40. The minimum atomic E-state index is -4.46. The molecule has 0 radical (unpaired) electrons. The molecule has 2 aliphatic rings. The first kappa shape index (κ1) is 22.3. The molecule has 2 aliphatic heterocycles. The lowest BCUT2D eigenvalue weighted by Crippen LogP contribution is -2.48. The van der Waals surface area contributed by atoms with Crippen LogP contribution in [0.25, 0.3) is 22.3 Å². The molecule has 10 heteroatoms. The fraction of sp³-hybridized carbons (Fsp3) is 0.231. The number of pyridine rings is 1. The van der Waals surface area contributed by atoms with Crippen molar-refractivity contribution in [1.82, 2.24) is 15.0 Å². The van der Waals surface area contributed by atoms with E-state index in [1.54, 1.807) is 35.4 Å². The number of fused-ring (bicyclic) bond motifs is 5. The van der Waals surface area contributed by atoms with Crippen molar-refractivity contribution in [3.8, 4) is 11.3 Å². The van der Waals surface area contributed by atoms with Gasteiger partial charge in [-0.15, -0.1) is 0 Å². The minimum Gasteiger partial charge on any atom is -0.366 e. The van der Waals surface area contributed by atoms with Gasteiger partial charge < -0.3 is 10.2 Å². The first-order valence-corrected chi connectivity index (χ1v) is 11.5. The third-order valence-electron chi connectivity index (χ3n) is 6.59. The molecule has 1 N–H and O–H groups in total. The van der Waals surface area contributed by atoms with E-state index in [0.717, 1.165) is 36.5 Å². The van der Waals surface area contributed by atoms with Crippen molar-refractivity contribution in [2.75, 3.05) is 28.2 Å². The Bertz CT molecular complexity index is 1510. The standard InChI is InChI=1S/C26H21F3N6O/c1-15-13-30-23-20(31-15)6-3-7-21(23)33-25(36)35-18-10-11-34(14-18)22-9-8-19(32-24(22)35)16-4-2-5-17(12-16)26(27,28)29/h2-9,12-13,18H,10-11,14H2,1H3,(H,33,36)/t18-/m0/s1. The van der Waals surface area contributed by atoms with Gasteiger partial charge in [0.15, 0.2) is 5.82 Å². The van der Waals surface area contributed by atoms with Gasteiger partial charge in [0.2, 0.25) is 0 Å². The van der Waals surface area contributed by atoms with Crippen molar-refractivity contribution < 1.29 is 18.0 Å². The number of alkyl halides is 3. The summed E-state index contributed by atoms with van der Waals surface area (Å²) in [4.78, 5) is 31.0. The minimum absolute atomic E-state index is 0.106. The van der Waals surface area contributed by atoms with Gasteiger partial charge in [0.05, 0.1) is 39.9 Å². The molecule has 0 unspecified atom stereocenters. The Morgan fingerprint density at radius 3 is 2.75 bits per heavy atom. The Hall–Kier alpha value is -4.21. The second-order valence-electron chi connectivity index (χ2n) is 8.99. The van der Waals surface area contributed by atoms with Crippen molar-refractivity contribution in [2.24, 2.45) is 0 Å². The van der Waals surface area contributed by atoms with Gasteiger partial charge in [-0.2, -0.15) is 13.2 Å². The first-order valence-electron chi connectivity index (χ1n) is 11.5. The van der Waals surface area contributed by atoms with Crippen molar-refractivity contribution in [1.29, 1.82) is 0 Å². The molecule has 36 heavy (non-hydrogen) atoms. The van der Waals surface area contributed by atoms with E-state index in [2.05, 4.69) is 20.2 Å². The van der Waals surface area contributed by atoms with Crippen molar-refractivity contribution >= 4 is 34.3 Å². The number of rotatable bonds is 2. The first-order chi connectivity index (χ1) is 17.3. The zero-order chi connectivity index (χ0) is 25.0. The topological polar surface area (TPSA) is 74.2 Å². The van der Waals surface area contributed by atoms with E-state index < -0.39 is 11.7 Å². The fourth-order valence-electron chi connectivity index (χ4n) is 4.90. The second-order valence-corrected chi connectivity index (χ2v) is 8.99. The normalized spacial score (nSPS) is 16.8. The fourth-order valence-corrected chi connectivity index (χ4v) is 4.90. The van der Waals surface area contributed by atoms with Gasteiger partial charge in [0.25, 0.3) is 0 Å². The third-order valence-corrected chi connectivity index (χ3v) is 6.59. The van der Waals surface area contributed by atoms with Gasteiger partial charge in [-0.25, -0.2) is 14.8 Å². The number of halogens is 3. The molecule has 0 saturated carbocycles. The maximum atomic E-state index is 13.6. The Morgan fingerprint density at radius 1 is 1.08 bits per heavy atom. The van der Waals surface area contributed by atoms with Gasteiger partial charge >= 0.3 is 12.2 Å². The van der Waals surface area contributed by atoms with E-state index in [4.69, 9.17) is 4.98 Å². The molecule has 0 spiro atoms. The lowest BCUT2D eigenvalue weighted by molar-refractivity contribution is -0.137. The quantitative estimate of drug-likeness (QED) is 0.393. The predicted octanol–water partition coefficient (Wildman–Crippen LogP) is 5.65. The highest BCUT2D eigenvalue weighted by atomic mass is 19.4. The van der Waals surface area contributed by atoms with Gasteiger partial charge in [0.1, 0.15) is 5.52 Å². The van der Waals surface area contributed by atoms with Crippen molar-refractivity contribution in [2.45, 2.75) is 25.6 Å². The van der Waals surface area contributed by atoms with E-state index in [0.29, 0.717) is 40.3 Å². The number of carbonyl (C=O) groups is 1. The van der Waals surface area contributed by atoms with Crippen LogP contribution in [0.2, 0.25) is 0 Å². The maximum Gasteiger partial charge on any atom is 0.416 e. The van der Waals surface area contributed by atoms with Gasteiger partial charge in [-0.05, 0) is 49.7 Å². The second kappa shape index (κ2) is 8.18. The summed E-state index contributed by atoms with van der Waals surface area (Å²) < 4.78 is 39.8. The number of nitrogens with zero attached hydrogens (tertiary/aromatic N) is 5. The summed E-state index contributed by atoms with van der Waals surface area (Å²) in [5.74, 6) is 0.429. The molecule has 2 aromatic carbocycles. The molecule has 0 aliphatic carbocycles. The zero-order valence-electron chi connectivity index (χ0n) is 19.3. The van der Waals surface area contributed by atoms with Crippen LogP contribution in [0.4, 0.5) is 35.2 Å². The SMILES string of the molecule is Cc1cnc2c(NC(=O)N3c4nc(-c5cccc(C(F)(F)F)c5)ccc4N4CC[C@H]3C4)cccc2n1. The van der Waals surface area contributed by atoms with Crippen LogP contribution in [-0.2, 0) is 6.18 Å². The summed E-state index contributed by atoms with van der Waals surface area (Å²) >= 11 is 0. The Kier molecular flexibility index (Phi) is 5.06. The van der Waals surface area contributed by atoms with Crippen LogP contribution >= 0.6 is 0 Å². The molecule has 2 amide bonds. The molecule has 182 valence electrons. The van der Waals surface area contributed by atoms with E-state index in [1.807, 2.05) is 19.1 Å². The average molecular weight is 490 g/mol. The summed E-state index contributed by atoms with van der Waals surface area (Å²) in [5, 5.41) is 2.96. The number of anilines is 3. The number of aromatic nitrogens is 3. The van der Waals surface area contributed by atoms with Gasteiger partial charge in [-0.3, -0.25) is 9.88 Å². The summed E-state index contributed by atoms with van der Waals surface area (Å²) in [6.45, 7) is 3.28. The number of amides is 2. The number of aryl methyl sites for hydroxylation is 1. The Balaban J connectivity index is 1.39. The van der Waals surface area contributed by atoms with Gasteiger partial charge in [-0.1, -0.05) is 18.2 Å². The number of carbonyl (C=O) groups excluding carboxylic acids is 1. The van der Waals surface area contributed by atoms with Gasteiger partial charge in [0, 0.05) is 24.8 Å². The van der Waals surface area contributed by atoms with E-state index in [1.165, 1.54) is 6.07 Å². The largest absolute Gasteiger partial charge is 0.416 e. The molecule has 4 aromatic rings. The molecular formula is C26H21F3N6O. The molecule has 1 atom stereocenters.